The topological polar surface area (TPSA) is 91.5 Å². The molecule has 0 aliphatic rings. The summed E-state index contributed by atoms with van der Waals surface area (Å²) in [5, 5.41) is 11.5. The van der Waals surface area contributed by atoms with Crippen molar-refractivity contribution in [2.24, 2.45) is 0 Å². The van der Waals surface area contributed by atoms with Gasteiger partial charge in [0.05, 0.1) is 17.4 Å². The van der Waals surface area contributed by atoms with Crippen LogP contribution in [0.4, 0.5) is 11.4 Å². The monoisotopic (exact) mass is 284 g/mol. The number of furan rings is 1. The average Bonchev–Trinajstić information content (AvgIpc) is 2.90. The fraction of sp³-hybridized carbons (Fsp3) is 0.0667. The van der Waals surface area contributed by atoms with E-state index >= 15 is 0 Å². The predicted molar refractivity (Wildman–Crippen MR) is 79.3 cm³/mol. The lowest BCUT2D eigenvalue weighted by molar-refractivity contribution is -0.383. The Morgan fingerprint density at radius 1 is 1.19 bits per heavy atom. The molecule has 0 spiro atoms. The van der Waals surface area contributed by atoms with Gasteiger partial charge in [-0.25, -0.2) is 0 Å². The van der Waals surface area contributed by atoms with Gasteiger partial charge in [0.1, 0.15) is 17.1 Å². The summed E-state index contributed by atoms with van der Waals surface area (Å²) in [5.41, 5.74) is 7.10. The summed E-state index contributed by atoms with van der Waals surface area (Å²) < 4.78 is 10.8. The molecule has 3 aromatic rings. The largest absolute Gasteiger partial charge is 0.497 e. The van der Waals surface area contributed by atoms with Crippen molar-refractivity contribution in [1.82, 2.24) is 0 Å². The number of nitrogens with two attached hydrogens (primary N) is 1. The molecule has 3 rings (SSSR count). The van der Waals surface area contributed by atoms with Crippen LogP contribution in [0.3, 0.4) is 0 Å². The van der Waals surface area contributed by atoms with Gasteiger partial charge in [-0.1, -0.05) is 0 Å². The number of ether oxygens (including phenoxy) is 1. The van der Waals surface area contributed by atoms with Gasteiger partial charge in [0.25, 0.3) is 5.69 Å². The van der Waals surface area contributed by atoms with E-state index in [0.717, 1.165) is 11.3 Å². The summed E-state index contributed by atoms with van der Waals surface area (Å²) in [4.78, 5) is 10.6. The number of nitro benzene ring substituents is 1. The van der Waals surface area contributed by atoms with Crippen LogP contribution in [0, 0.1) is 10.1 Å². The van der Waals surface area contributed by atoms with E-state index < -0.39 is 4.92 Å². The van der Waals surface area contributed by atoms with Gasteiger partial charge in [-0.3, -0.25) is 10.1 Å². The van der Waals surface area contributed by atoms with E-state index in [1.54, 1.807) is 31.4 Å². The maximum absolute atomic E-state index is 11.1. The van der Waals surface area contributed by atoms with E-state index in [1.165, 1.54) is 6.07 Å². The van der Waals surface area contributed by atoms with Crippen LogP contribution in [0.1, 0.15) is 0 Å². The number of benzene rings is 2. The Hall–Kier alpha value is -3.02. The molecule has 0 radical (unpaired) electrons. The van der Waals surface area contributed by atoms with E-state index in [2.05, 4.69) is 0 Å². The van der Waals surface area contributed by atoms with Gasteiger partial charge in [0, 0.05) is 23.4 Å². The standard InChI is InChI=1S/C15H12N2O4/c1-20-11-4-2-9(3-5-11)14-8-12-13(17(18)19)6-10(16)7-15(12)21-14/h2-8H,16H2,1H3. The number of nitrogen functional groups attached to an aromatic ring is 1. The normalized spacial score (nSPS) is 10.7. The molecule has 6 nitrogen and oxygen atoms in total. The first-order chi connectivity index (χ1) is 10.1. The highest BCUT2D eigenvalue weighted by atomic mass is 16.6. The molecule has 2 N–H and O–H groups in total. The van der Waals surface area contributed by atoms with E-state index in [1.807, 2.05) is 12.1 Å². The number of anilines is 1. The Kier molecular flexibility index (Phi) is 2.98. The summed E-state index contributed by atoms with van der Waals surface area (Å²) in [7, 11) is 1.59. The molecule has 106 valence electrons. The van der Waals surface area contributed by atoms with Crippen molar-refractivity contribution in [1.29, 1.82) is 0 Å². The Morgan fingerprint density at radius 2 is 1.90 bits per heavy atom. The maximum atomic E-state index is 11.1. The second-order valence-electron chi connectivity index (χ2n) is 4.55. The molecule has 0 aliphatic heterocycles. The van der Waals surface area contributed by atoms with Crippen LogP contribution in [0.25, 0.3) is 22.3 Å². The van der Waals surface area contributed by atoms with Crippen molar-refractivity contribution in [2.75, 3.05) is 12.8 Å². The quantitative estimate of drug-likeness (QED) is 0.450. The molecule has 0 saturated heterocycles. The van der Waals surface area contributed by atoms with Crippen LogP contribution in [0.2, 0.25) is 0 Å². The van der Waals surface area contributed by atoms with Crippen molar-refractivity contribution < 1.29 is 14.1 Å². The lowest BCUT2D eigenvalue weighted by Crippen LogP contribution is -1.91. The summed E-state index contributed by atoms with van der Waals surface area (Å²) in [6.45, 7) is 0. The van der Waals surface area contributed by atoms with E-state index in [9.17, 15) is 10.1 Å². The molecule has 21 heavy (non-hydrogen) atoms. The van der Waals surface area contributed by atoms with Crippen LogP contribution in [0.15, 0.2) is 46.9 Å². The number of methoxy groups -OCH3 is 1. The molecule has 2 aromatic carbocycles. The average molecular weight is 284 g/mol. The zero-order valence-corrected chi connectivity index (χ0v) is 11.2. The minimum Gasteiger partial charge on any atom is -0.497 e. The zero-order chi connectivity index (χ0) is 15.0. The second-order valence-corrected chi connectivity index (χ2v) is 4.55. The van der Waals surface area contributed by atoms with Gasteiger partial charge in [-0.15, -0.1) is 0 Å². The van der Waals surface area contributed by atoms with E-state index in [0.29, 0.717) is 22.4 Å². The third kappa shape index (κ3) is 2.27. The number of fused-ring (bicyclic) bond motifs is 1. The van der Waals surface area contributed by atoms with Gasteiger partial charge in [0.15, 0.2) is 0 Å². The van der Waals surface area contributed by atoms with Gasteiger partial charge >= 0.3 is 0 Å². The zero-order valence-electron chi connectivity index (χ0n) is 11.2. The molecule has 1 heterocycles. The molecule has 0 amide bonds. The molecular weight excluding hydrogens is 272 g/mol. The second kappa shape index (κ2) is 4.82. The first-order valence-electron chi connectivity index (χ1n) is 6.20. The number of hydrogen-bond donors (Lipinski definition) is 1. The smallest absolute Gasteiger partial charge is 0.282 e. The lowest BCUT2D eigenvalue weighted by atomic mass is 10.1. The first-order valence-corrected chi connectivity index (χ1v) is 6.20. The Balaban J connectivity index is 2.16. The van der Waals surface area contributed by atoms with Gasteiger partial charge in [-0.2, -0.15) is 0 Å². The summed E-state index contributed by atoms with van der Waals surface area (Å²) in [6.07, 6.45) is 0. The number of rotatable bonds is 3. The van der Waals surface area contributed by atoms with Crippen LogP contribution in [-0.4, -0.2) is 12.0 Å². The van der Waals surface area contributed by atoms with Crippen molar-refractivity contribution >= 4 is 22.3 Å². The SMILES string of the molecule is COc1ccc(-c2cc3c([N+](=O)[O-])cc(N)cc3o2)cc1. The van der Waals surface area contributed by atoms with Crippen LogP contribution in [0.5, 0.6) is 5.75 Å². The number of nitrogens with zero attached hydrogens (tertiary/aromatic N) is 1. The lowest BCUT2D eigenvalue weighted by Gasteiger charge is -2.00. The highest BCUT2D eigenvalue weighted by Gasteiger charge is 2.18. The summed E-state index contributed by atoms with van der Waals surface area (Å²) >= 11 is 0. The summed E-state index contributed by atoms with van der Waals surface area (Å²) in [6, 6.07) is 11.8. The Labute approximate surface area is 119 Å². The van der Waals surface area contributed by atoms with Crippen molar-refractivity contribution in [3.05, 3.63) is 52.6 Å². The van der Waals surface area contributed by atoms with E-state index in [4.69, 9.17) is 14.9 Å². The minimum atomic E-state index is -0.466. The molecule has 0 atom stereocenters. The van der Waals surface area contributed by atoms with Crippen LogP contribution < -0.4 is 10.5 Å². The van der Waals surface area contributed by atoms with Crippen molar-refractivity contribution in [3.8, 4) is 17.1 Å². The van der Waals surface area contributed by atoms with Gasteiger partial charge in [-0.05, 0) is 30.3 Å². The molecule has 6 heteroatoms. The first kappa shape index (κ1) is 13.0. The predicted octanol–water partition coefficient (Wildman–Crippen LogP) is 3.60. The highest BCUT2D eigenvalue weighted by Crippen LogP contribution is 2.35. The molecule has 0 bridgehead atoms. The Morgan fingerprint density at radius 3 is 2.52 bits per heavy atom. The van der Waals surface area contributed by atoms with Gasteiger partial charge < -0.3 is 14.9 Å². The fourth-order valence-corrected chi connectivity index (χ4v) is 2.19. The highest BCUT2D eigenvalue weighted by molar-refractivity contribution is 5.93. The number of nitro groups is 1. The molecule has 1 aromatic heterocycles. The Bertz CT molecular complexity index is 822. The van der Waals surface area contributed by atoms with Crippen LogP contribution >= 0.6 is 0 Å². The molecule has 0 aliphatic carbocycles. The summed E-state index contributed by atoms with van der Waals surface area (Å²) in [5.74, 6) is 1.27. The van der Waals surface area contributed by atoms with Gasteiger partial charge in [0.2, 0.25) is 0 Å². The van der Waals surface area contributed by atoms with E-state index in [-0.39, 0.29) is 5.69 Å². The molecule has 0 saturated carbocycles. The maximum Gasteiger partial charge on any atom is 0.282 e. The van der Waals surface area contributed by atoms with Crippen molar-refractivity contribution in [2.45, 2.75) is 0 Å². The minimum absolute atomic E-state index is 0.0616. The molecule has 0 fully saturated rings. The third-order valence-corrected chi connectivity index (χ3v) is 3.21. The molecule has 0 unspecified atom stereocenters. The fourth-order valence-electron chi connectivity index (χ4n) is 2.19. The number of non-ortho nitro benzene ring substituents is 1. The molecular formula is C15H12N2O4. The number of hydrogen-bond acceptors (Lipinski definition) is 5. The van der Waals surface area contributed by atoms with Crippen LogP contribution in [-0.2, 0) is 0 Å². The third-order valence-electron chi connectivity index (χ3n) is 3.21. The van der Waals surface area contributed by atoms with Crippen molar-refractivity contribution in [3.63, 3.8) is 0 Å².